The van der Waals surface area contributed by atoms with Gasteiger partial charge in [0.1, 0.15) is 78.6 Å². The van der Waals surface area contributed by atoms with E-state index >= 15 is 0 Å². The molecule has 1 fully saturated rings. The van der Waals surface area contributed by atoms with E-state index < -0.39 is 138 Å². The fraction of sp³-hybridized carbons (Fsp3) is 0.400. The Kier molecular flexibility index (Phi) is 37.2. The Morgan fingerprint density at radius 3 is 2.18 bits per heavy atom. The van der Waals surface area contributed by atoms with Crippen molar-refractivity contribution in [3.8, 4) is 56.1 Å². The number of carboxylic acid groups (broad SMARTS) is 3. The average molecular weight is 1930 g/mol. The van der Waals surface area contributed by atoms with E-state index in [0.29, 0.717) is 143 Å². The molecule has 11 rings (SSSR count). The van der Waals surface area contributed by atoms with Crippen molar-refractivity contribution in [2.75, 3.05) is 111 Å². The number of methoxy groups -OCH3 is 1. The van der Waals surface area contributed by atoms with Crippen LogP contribution in [0.5, 0.6) is 23.1 Å². The van der Waals surface area contributed by atoms with Gasteiger partial charge in [0.2, 0.25) is 29.7 Å². The number of primary amides is 1. The Morgan fingerprint density at radius 2 is 1.47 bits per heavy atom. The van der Waals surface area contributed by atoms with E-state index in [-0.39, 0.29) is 104 Å². The van der Waals surface area contributed by atoms with Gasteiger partial charge >= 0.3 is 40.2 Å². The zero-order valence-electron chi connectivity index (χ0n) is 74.7. The topological polar surface area (TPSA) is 541 Å². The average Bonchev–Trinajstić information content (AvgIpc) is 1.60. The summed E-state index contributed by atoms with van der Waals surface area (Å²) in [6, 6.07) is 28.0. The van der Waals surface area contributed by atoms with Crippen molar-refractivity contribution in [3.63, 3.8) is 0 Å². The third kappa shape index (κ3) is 30.1. The largest absolute Gasteiger partial charge is 0.496 e. The summed E-state index contributed by atoms with van der Waals surface area (Å²) in [5.41, 5.74) is 11.7. The second-order valence-corrected chi connectivity index (χ2v) is 35.1. The number of benzene rings is 5. The summed E-state index contributed by atoms with van der Waals surface area (Å²) in [4.78, 5) is 149. The molecular weight excluding hydrogens is 1820 g/mol. The first kappa shape index (κ1) is 102. The number of piperazine rings is 1. The van der Waals surface area contributed by atoms with Crippen LogP contribution in [0, 0.1) is 18.7 Å². The van der Waals surface area contributed by atoms with E-state index in [2.05, 4.69) is 58.5 Å². The number of para-hydroxylation sites is 2. The van der Waals surface area contributed by atoms with Gasteiger partial charge in [0, 0.05) is 105 Å². The number of aliphatic hydroxyl groups excluding tert-OH is 1. The normalized spacial score (nSPS) is 14.1. The van der Waals surface area contributed by atoms with Gasteiger partial charge in [-0.3, -0.25) is 48.7 Å². The lowest BCUT2D eigenvalue weighted by Gasteiger charge is -2.42. The molecule has 0 radical (unpaired) electrons. The summed E-state index contributed by atoms with van der Waals surface area (Å²) in [6.45, 7) is 7.49. The molecule has 0 saturated carbocycles. The van der Waals surface area contributed by atoms with Crippen molar-refractivity contribution in [2.24, 2.45) is 11.7 Å². The minimum Gasteiger partial charge on any atom is -0.496 e. The number of anilines is 1. The number of carboxylic acids is 3. The fourth-order valence-electron chi connectivity index (χ4n) is 14.8. The molecule has 12 N–H and O–H groups in total. The summed E-state index contributed by atoms with van der Waals surface area (Å²) in [7, 11) is -0.886. The van der Waals surface area contributed by atoms with Crippen LogP contribution in [0.25, 0.3) is 43.2 Å². The van der Waals surface area contributed by atoms with Gasteiger partial charge in [-0.05, 0) is 108 Å². The Labute approximate surface area is 784 Å². The number of aliphatic hydroxyl groups is 1. The van der Waals surface area contributed by atoms with Crippen molar-refractivity contribution < 1.29 is 119 Å². The van der Waals surface area contributed by atoms with Crippen LogP contribution in [0.1, 0.15) is 86.0 Å². The van der Waals surface area contributed by atoms with Crippen molar-refractivity contribution in [1.29, 1.82) is 0 Å². The number of urea groups is 1. The third-order valence-electron chi connectivity index (χ3n) is 22.0. The monoisotopic (exact) mass is 1930 g/mol. The highest BCUT2D eigenvalue weighted by Gasteiger charge is 2.35. The SMILES string of the molecule is COc1ccccc1-c1nccc(COc2ccccc2C[C@@H](Oc2ncnc3sc(-c4ccc(F)cc4)c(-c4ccc(OCCN5CC[N+](C)(Cc6ccc(NC(=O)[C@H](CCCNC(N)=O)NC(=O)[C@@H](NC(O)CCOCCN7C(=O)C=CC7=O)C(C)C)cc6COCc6cn(CCOC(=O)NS(=O)(=O)NCCC(=O)N(CCC(=O)O)CCC(=O)O)nn6)CC5)c(Cl)c4C)c23)C(=O)O)n1. The number of nitrogens with two attached hydrogens (primary N) is 1. The Bertz CT molecular complexity index is 5810. The number of carbonyl (C=O) groups is 10. The maximum Gasteiger partial charge on any atom is 0.421 e. The number of imide groups is 1. The first-order valence-corrected chi connectivity index (χ1v) is 45.9. The Morgan fingerprint density at radius 1 is 0.741 bits per heavy atom. The number of fused-ring (bicyclic) bond motifs is 1. The lowest BCUT2D eigenvalue weighted by molar-refractivity contribution is -0.926. The zero-order valence-corrected chi connectivity index (χ0v) is 77.1. The first-order chi connectivity index (χ1) is 64.7. The van der Waals surface area contributed by atoms with Crippen molar-refractivity contribution in [1.82, 2.24) is 75.0 Å². The standard InChI is InChI=1S/C90H106ClFN18O23S2/c1-55(2)81(102-72(111)30-43-128-44-40-109-74(113)24-25-75(109)114)85(120)101-67(13-10-31-95-89(93)123)84(119)100-62-21-18-59(60(47-62)51-129-52-64-49-108(105-103-64)39-46-131-90(124)104-135(125,126)98-33-27-73(112)107(34-28-76(115)116)35-29-77(117)118)50-110(4)41-36-106(37-42-110)38-45-130-70-23-22-65(56(3)80(70)91)78-79-86(96-54-97-87(79)134-82(78)57-16-19-61(92)20-17-57)133-71(88(121)122)48-58-11-6-8-14-68(58)132-53-63-26-32-94-83(99-63)66-12-7-9-15-69(66)127-5/h6-9,11-12,14-26,32,47,49,54-55,67,71-72,81,98,102,111H,10,13,27-31,33-46,48,50-53H2,1-5H3,(H8-,93,95,100,101,104,115,116,117,118,119,120,121,122,123,124)/p+1/t67-,71+,72?,81-/m0/s1. The van der Waals surface area contributed by atoms with Crippen molar-refractivity contribution in [2.45, 2.75) is 123 Å². The molecule has 2 aliphatic rings. The molecule has 8 amide bonds. The second kappa shape index (κ2) is 49.1. The van der Waals surface area contributed by atoms with Crippen LogP contribution in [0.3, 0.4) is 0 Å². The molecule has 4 aromatic heterocycles. The smallest absolute Gasteiger partial charge is 0.421 e. The van der Waals surface area contributed by atoms with Gasteiger partial charge in [0.15, 0.2) is 5.82 Å². The number of nitrogens with one attached hydrogen (secondary N) is 6. The molecule has 135 heavy (non-hydrogen) atoms. The first-order valence-electron chi connectivity index (χ1n) is 43.2. The van der Waals surface area contributed by atoms with E-state index in [0.717, 1.165) is 27.5 Å². The Balaban J connectivity index is 0.745. The number of aromatic nitrogens is 7. The molecule has 1 saturated heterocycles. The molecule has 2 aliphatic heterocycles. The van der Waals surface area contributed by atoms with Gasteiger partial charge in [-0.2, -0.15) is 13.1 Å². The van der Waals surface area contributed by atoms with Gasteiger partial charge in [-0.25, -0.2) is 48.1 Å². The number of rotatable bonds is 53. The molecule has 41 nitrogen and oxygen atoms in total. The lowest BCUT2D eigenvalue weighted by Crippen LogP contribution is -2.57. The highest BCUT2D eigenvalue weighted by Crippen LogP contribution is 2.50. The van der Waals surface area contributed by atoms with Crippen molar-refractivity contribution in [3.05, 3.63) is 185 Å². The van der Waals surface area contributed by atoms with Crippen LogP contribution < -0.4 is 55.4 Å². The minimum atomic E-state index is -4.58. The molecule has 0 spiro atoms. The summed E-state index contributed by atoms with van der Waals surface area (Å²) >= 11 is 8.62. The second-order valence-electron chi connectivity index (χ2n) is 32.2. The molecule has 720 valence electrons. The molecule has 1 unspecified atom stereocenters. The maximum atomic E-state index is 14.7. The predicted octanol–water partition coefficient (Wildman–Crippen LogP) is 6.76. The van der Waals surface area contributed by atoms with Gasteiger partial charge < -0.3 is 84.7 Å². The molecule has 0 bridgehead atoms. The molecular formula is C90H107ClFN18O23S2+. The van der Waals surface area contributed by atoms with Crippen LogP contribution in [-0.4, -0.2) is 273 Å². The van der Waals surface area contributed by atoms with Crippen LogP contribution in [0.15, 0.2) is 140 Å². The molecule has 45 heteroatoms. The predicted molar refractivity (Wildman–Crippen MR) is 489 cm³/mol. The van der Waals surface area contributed by atoms with E-state index in [1.807, 2.05) is 48.0 Å². The fourth-order valence-corrected chi connectivity index (χ4v) is 16.9. The van der Waals surface area contributed by atoms with E-state index in [4.69, 9.17) is 65.7 Å². The molecule has 0 aliphatic carbocycles. The summed E-state index contributed by atoms with van der Waals surface area (Å²) < 4.78 is 87.3. The van der Waals surface area contributed by atoms with E-state index in [1.165, 1.54) is 40.7 Å². The summed E-state index contributed by atoms with van der Waals surface area (Å²) in [6.07, 6.45) is 1.25. The minimum absolute atomic E-state index is 0.000383. The van der Waals surface area contributed by atoms with E-state index in [1.54, 1.807) is 92.5 Å². The van der Waals surface area contributed by atoms with Crippen LogP contribution in [0.4, 0.5) is 19.7 Å². The van der Waals surface area contributed by atoms with Crippen LogP contribution in [-0.2, 0) is 102 Å². The number of ether oxygens (including phenoxy) is 7. The van der Waals surface area contributed by atoms with Gasteiger partial charge in [-0.1, -0.05) is 85.3 Å². The lowest BCUT2D eigenvalue weighted by atomic mass is 9.96. The maximum absolute atomic E-state index is 14.7. The number of carbonyl (C=O) groups excluding carboxylic acids is 7. The number of halogens is 2. The number of hydrogen-bond acceptors (Lipinski definition) is 29. The van der Waals surface area contributed by atoms with Crippen molar-refractivity contribution >= 4 is 109 Å². The van der Waals surface area contributed by atoms with Crippen LogP contribution >= 0.6 is 22.9 Å². The van der Waals surface area contributed by atoms with E-state index in [9.17, 15) is 71.0 Å². The number of nitrogens with zero attached hydrogens (tertiary/aromatic N) is 11. The highest BCUT2D eigenvalue weighted by molar-refractivity contribution is 7.88. The molecule has 9 aromatic rings. The molecule has 5 aromatic carbocycles. The number of amides is 8. The van der Waals surface area contributed by atoms with Gasteiger partial charge in [0.05, 0.1) is 114 Å². The third-order valence-corrected chi connectivity index (χ3v) is 24.6. The summed E-state index contributed by atoms with van der Waals surface area (Å²) in [5.74, 6) is -5.72. The number of likely N-dealkylation sites (N-methyl/N-ethyl adjacent to an activating group) is 1. The van der Waals surface area contributed by atoms with Gasteiger partial charge in [0.25, 0.3) is 11.8 Å². The highest BCUT2D eigenvalue weighted by atomic mass is 35.5. The zero-order chi connectivity index (χ0) is 96.9. The number of hydrogen-bond donors (Lipinski definition) is 11. The van der Waals surface area contributed by atoms with Crippen LogP contribution in [0.2, 0.25) is 5.02 Å². The number of aliphatic carboxylic acids is 3. The number of quaternary nitrogens is 1. The molecule has 6 heterocycles. The summed E-state index contributed by atoms with van der Waals surface area (Å²) in [5, 5.41) is 60.2. The Hall–Kier alpha value is -13.3. The quantitative estimate of drug-likeness (QED) is 0.00811. The number of thiophene rings is 1. The molecule has 4 atom stereocenters. The van der Waals surface area contributed by atoms with Gasteiger partial charge in [-0.15, -0.1) is 16.4 Å².